The number of halogens is 2. The van der Waals surface area contributed by atoms with Gasteiger partial charge in [-0.1, -0.05) is 0 Å². The minimum atomic E-state index is -0.595. The van der Waals surface area contributed by atoms with E-state index in [0.29, 0.717) is 23.2 Å². The Labute approximate surface area is 112 Å². The van der Waals surface area contributed by atoms with Gasteiger partial charge in [0, 0.05) is 11.0 Å². The van der Waals surface area contributed by atoms with E-state index >= 15 is 0 Å². The Morgan fingerprint density at radius 2 is 2.39 bits per heavy atom. The second-order valence-corrected chi connectivity index (χ2v) is 4.72. The number of nitrogens with zero attached hydrogens (tertiary/aromatic N) is 2. The number of carbonyl (C=O) groups excluding carboxylic acids is 1. The van der Waals surface area contributed by atoms with Crippen LogP contribution in [0, 0.1) is 17.1 Å². The van der Waals surface area contributed by atoms with Crippen LogP contribution in [0.5, 0.6) is 0 Å². The van der Waals surface area contributed by atoms with Crippen molar-refractivity contribution >= 4 is 21.8 Å². The van der Waals surface area contributed by atoms with Crippen LogP contribution in [-0.4, -0.2) is 36.6 Å². The van der Waals surface area contributed by atoms with E-state index in [1.807, 2.05) is 6.07 Å². The highest BCUT2D eigenvalue weighted by Crippen LogP contribution is 2.20. The molecule has 0 bridgehead atoms. The number of nitriles is 1. The standard InChI is InChI=1S/C12H10BrFN2O2/c13-11-5-8(14)1-2-10(11)12(17)16-3-4-18-9(6-15)7-16/h1-2,5,9H,3-4,7H2. The lowest BCUT2D eigenvalue weighted by atomic mass is 10.1. The van der Waals surface area contributed by atoms with Gasteiger partial charge >= 0.3 is 0 Å². The van der Waals surface area contributed by atoms with Crippen molar-refractivity contribution in [1.29, 1.82) is 5.26 Å². The first-order valence-corrected chi connectivity index (χ1v) is 6.16. The Morgan fingerprint density at radius 1 is 1.61 bits per heavy atom. The summed E-state index contributed by atoms with van der Waals surface area (Å²) in [5.74, 6) is -0.638. The third-order valence-electron chi connectivity index (χ3n) is 2.66. The highest BCUT2D eigenvalue weighted by molar-refractivity contribution is 9.10. The van der Waals surface area contributed by atoms with E-state index in [1.54, 1.807) is 0 Å². The number of morpholine rings is 1. The maximum absolute atomic E-state index is 13.0. The average Bonchev–Trinajstić information content (AvgIpc) is 2.38. The van der Waals surface area contributed by atoms with E-state index in [-0.39, 0.29) is 12.5 Å². The summed E-state index contributed by atoms with van der Waals surface area (Å²) >= 11 is 3.16. The molecule has 4 nitrogen and oxygen atoms in total. The second kappa shape index (κ2) is 5.46. The van der Waals surface area contributed by atoms with E-state index in [1.165, 1.54) is 23.1 Å². The average molecular weight is 313 g/mol. The third-order valence-corrected chi connectivity index (χ3v) is 3.32. The molecule has 1 atom stereocenters. The summed E-state index contributed by atoms with van der Waals surface area (Å²) in [7, 11) is 0. The molecule has 1 aromatic rings. The molecule has 1 aromatic carbocycles. The number of hydrogen-bond acceptors (Lipinski definition) is 3. The van der Waals surface area contributed by atoms with Crippen molar-refractivity contribution in [3.8, 4) is 6.07 Å². The Balaban J connectivity index is 2.18. The van der Waals surface area contributed by atoms with Crippen molar-refractivity contribution in [1.82, 2.24) is 4.90 Å². The molecule has 0 N–H and O–H groups in total. The van der Waals surface area contributed by atoms with Gasteiger partial charge in [0.1, 0.15) is 5.82 Å². The van der Waals surface area contributed by atoms with E-state index < -0.39 is 11.9 Å². The van der Waals surface area contributed by atoms with Crippen LogP contribution in [0.4, 0.5) is 4.39 Å². The highest BCUT2D eigenvalue weighted by Gasteiger charge is 2.25. The molecule has 1 amide bonds. The number of carbonyl (C=O) groups is 1. The van der Waals surface area contributed by atoms with Gasteiger partial charge in [0.05, 0.1) is 24.8 Å². The Bertz CT molecular complexity index is 515. The molecule has 1 saturated heterocycles. The summed E-state index contributed by atoms with van der Waals surface area (Å²) in [5, 5.41) is 8.78. The molecule has 1 unspecified atom stereocenters. The summed E-state index contributed by atoms with van der Waals surface area (Å²) < 4.78 is 18.5. The van der Waals surface area contributed by atoms with Crippen LogP contribution in [0.15, 0.2) is 22.7 Å². The predicted octanol–water partition coefficient (Wildman–Crippen LogP) is 1.95. The van der Waals surface area contributed by atoms with Gasteiger partial charge in [-0.3, -0.25) is 4.79 Å². The van der Waals surface area contributed by atoms with Crippen molar-refractivity contribution in [2.24, 2.45) is 0 Å². The maximum atomic E-state index is 13.0. The van der Waals surface area contributed by atoms with Crippen LogP contribution in [-0.2, 0) is 4.74 Å². The van der Waals surface area contributed by atoms with Crippen LogP contribution in [0.25, 0.3) is 0 Å². The van der Waals surface area contributed by atoms with E-state index in [0.717, 1.165) is 0 Å². The molecule has 0 aromatic heterocycles. The molecule has 0 aliphatic carbocycles. The lowest BCUT2D eigenvalue weighted by molar-refractivity contribution is 0.00342. The molecular weight excluding hydrogens is 303 g/mol. The lowest BCUT2D eigenvalue weighted by Gasteiger charge is -2.30. The number of amides is 1. The van der Waals surface area contributed by atoms with Crippen molar-refractivity contribution in [3.05, 3.63) is 34.1 Å². The molecule has 0 radical (unpaired) electrons. The first-order chi connectivity index (χ1) is 8.61. The number of ether oxygens (including phenoxy) is 1. The van der Waals surface area contributed by atoms with Crippen molar-refractivity contribution in [3.63, 3.8) is 0 Å². The van der Waals surface area contributed by atoms with Gasteiger partial charge in [0.15, 0.2) is 6.10 Å². The molecule has 0 spiro atoms. The summed E-state index contributed by atoms with van der Waals surface area (Å²) in [6.45, 7) is 1.00. The van der Waals surface area contributed by atoms with Crippen molar-refractivity contribution < 1.29 is 13.9 Å². The van der Waals surface area contributed by atoms with Gasteiger partial charge in [-0.25, -0.2) is 4.39 Å². The smallest absolute Gasteiger partial charge is 0.255 e. The first kappa shape index (κ1) is 13.0. The van der Waals surface area contributed by atoms with E-state index in [4.69, 9.17) is 10.00 Å². The topological polar surface area (TPSA) is 53.3 Å². The quantitative estimate of drug-likeness (QED) is 0.796. The SMILES string of the molecule is N#CC1CN(C(=O)c2ccc(F)cc2Br)CCO1. The van der Waals surface area contributed by atoms with E-state index in [2.05, 4.69) is 15.9 Å². The van der Waals surface area contributed by atoms with Crippen LogP contribution >= 0.6 is 15.9 Å². The molecule has 0 saturated carbocycles. The van der Waals surface area contributed by atoms with Crippen LogP contribution in [0.3, 0.4) is 0 Å². The van der Waals surface area contributed by atoms with Gasteiger partial charge in [0.25, 0.3) is 5.91 Å². The molecule has 1 aliphatic rings. The highest BCUT2D eigenvalue weighted by atomic mass is 79.9. The molecule has 1 fully saturated rings. The van der Waals surface area contributed by atoms with Gasteiger partial charge in [-0.15, -0.1) is 0 Å². The maximum Gasteiger partial charge on any atom is 0.255 e. The van der Waals surface area contributed by atoms with Gasteiger partial charge in [-0.05, 0) is 34.1 Å². The van der Waals surface area contributed by atoms with Gasteiger partial charge in [0.2, 0.25) is 0 Å². The Morgan fingerprint density at radius 3 is 3.06 bits per heavy atom. The molecule has 18 heavy (non-hydrogen) atoms. The fraction of sp³-hybridized carbons (Fsp3) is 0.333. The molecule has 2 rings (SSSR count). The van der Waals surface area contributed by atoms with E-state index in [9.17, 15) is 9.18 Å². The monoisotopic (exact) mass is 312 g/mol. The predicted molar refractivity (Wildman–Crippen MR) is 65.4 cm³/mol. The van der Waals surface area contributed by atoms with Crippen LogP contribution in [0.2, 0.25) is 0 Å². The summed E-state index contributed by atoms with van der Waals surface area (Å²) in [5.41, 5.74) is 0.384. The minimum absolute atomic E-state index is 0.231. The van der Waals surface area contributed by atoms with Crippen molar-refractivity contribution in [2.45, 2.75) is 6.10 Å². The number of hydrogen-bond donors (Lipinski definition) is 0. The normalized spacial score (nSPS) is 19.4. The zero-order chi connectivity index (χ0) is 13.1. The van der Waals surface area contributed by atoms with Crippen molar-refractivity contribution in [2.75, 3.05) is 19.7 Å². The molecule has 94 valence electrons. The summed E-state index contributed by atoms with van der Waals surface area (Å²) in [6, 6.07) is 5.89. The molecule has 6 heteroatoms. The van der Waals surface area contributed by atoms with Crippen LogP contribution < -0.4 is 0 Å². The van der Waals surface area contributed by atoms with Gasteiger partial charge in [-0.2, -0.15) is 5.26 Å². The summed E-state index contributed by atoms with van der Waals surface area (Å²) in [4.78, 5) is 13.7. The summed E-state index contributed by atoms with van der Waals surface area (Å²) in [6.07, 6.45) is -0.595. The largest absolute Gasteiger partial charge is 0.360 e. The molecular formula is C12H10BrFN2O2. The fourth-order valence-electron chi connectivity index (χ4n) is 1.75. The number of benzene rings is 1. The first-order valence-electron chi connectivity index (χ1n) is 5.37. The Hall–Kier alpha value is -1.45. The molecule has 1 aliphatic heterocycles. The second-order valence-electron chi connectivity index (χ2n) is 3.86. The van der Waals surface area contributed by atoms with Crippen LogP contribution in [0.1, 0.15) is 10.4 Å². The zero-order valence-electron chi connectivity index (χ0n) is 9.40. The lowest BCUT2D eigenvalue weighted by Crippen LogP contribution is -2.45. The van der Waals surface area contributed by atoms with Gasteiger partial charge < -0.3 is 9.64 Å². The minimum Gasteiger partial charge on any atom is -0.360 e. The number of rotatable bonds is 1. The fourth-order valence-corrected chi connectivity index (χ4v) is 2.27. The molecule has 1 heterocycles. The third kappa shape index (κ3) is 2.68. The zero-order valence-corrected chi connectivity index (χ0v) is 11.0. The Kier molecular flexibility index (Phi) is 3.94.